The Labute approximate surface area is 127 Å². The van der Waals surface area contributed by atoms with Crippen molar-refractivity contribution in [3.63, 3.8) is 0 Å². The minimum atomic E-state index is -0.106. The van der Waals surface area contributed by atoms with E-state index in [0.29, 0.717) is 39.9 Å². The van der Waals surface area contributed by atoms with Crippen LogP contribution in [0.15, 0.2) is 34.9 Å². The van der Waals surface area contributed by atoms with Gasteiger partial charge in [0.05, 0.1) is 4.91 Å². The first-order valence-electron chi connectivity index (χ1n) is 6.56. The van der Waals surface area contributed by atoms with Gasteiger partial charge in [-0.2, -0.15) is 0 Å². The summed E-state index contributed by atoms with van der Waals surface area (Å²) in [4.78, 5) is 25.5. The average molecular weight is 310 g/mol. The van der Waals surface area contributed by atoms with Crippen LogP contribution in [0.4, 0.5) is 0 Å². The lowest BCUT2D eigenvalue weighted by Crippen LogP contribution is -2.30. The SMILES string of the molecule is CCCNC1=C(SCCCl)C(=O)c2ccccc2C1=O. The zero-order valence-corrected chi connectivity index (χ0v) is 12.8. The van der Waals surface area contributed by atoms with Crippen LogP contribution in [0.1, 0.15) is 34.1 Å². The summed E-state index contributed by atoms with van der Waals surface area (Å²) in [6, 6.07) is 6.95. The molecule has 1 N–H and O–H groups in total. The van der Waals surface area contributed by atoms with Crippen LogP contribution in [0.2, 0.25) is 0 Å². The van der Waals surface area contributed by atoms with E-state index in [1.54, 1.807) is 24.3 Å². The van der Waals surface area contributed by atoms with Gasteiger partial charge in [0.1, 0.15) is 5.70 Å². The number of allylic oxidation sites excluding steroid dienone is 2. The molecule has 0 radical (unpaired) electrons. The summed E-state index contributed by atoms with van der Waals surface area (Å²) in [5.41, 5.74) is 1.38. The zero-order valence-electron chi connectivity index (χ0n) is 11.2. The van der Waals surface area contributed by atoms with E-state index in [2.05, 4.69) is 5.32 Å². The van der Waals surface area contributed by atoms with Gasteiger partial charge in [-0.1, -0.05) is 31.2 Å². The molecular formula is C15H16ClNO2S. The zero-order chi connectivity index (χ0) is 14.5. The summed E-state index contributed by atoms with van der Waals surface area (Å²) in [7, 11) is 0. The molecule has 106 valence electrons. The van der Waals surface area contributed by atoms with Crippen molar-refractivity contribution in [2.75, 3.05) is 18.2 Å². The van der Waals surface area contributed by atoms with Gasteiger partial charge in [0.2, 0.25) is 11.6 Å². The van der Waals surface area contributed by atoms with Crippen molar-refractivity contribution in [3.8, 4) is 0 Å². The molecule has 0 bridgehead atoms. The van der Waals surface area contributed by atoms with E-state index in [4.69, 9.17) is 11.6 Å². The van der Waals surface area contributed by atoms with Crippen LogP contribution in [0.25, 0.3) is 0 Å². The number of nitrogens with one attached hydrogen (secondary N) is 1. The highest BCUT2D eigenvalue weighted by molar-refractivity contribution is 8.04. The maximum Gasteiger partial charge on any atom is 0.210 e. The van der Waals surface area contributed by atoms with Gasteiger partial charge >= 0.3 is 0 Å². The largest absolute Gasteiger partial charge is 0.381 e. The fourth-order valence-corrected chi connectivity index (χ4v) is 3.10. The summed E-state index contributed by atoms with van der Waals surface area (Å²) in [6.07, 6.45) is 0.889. The number of benzene rings is 1. The molecule has 1 aromatic rings. The molecular weight excluding hydrogens is 294 g/mol. The van der Waals surface area contributed by atoms with Gasteiger partial charge in [0, 0.05) is 29.3 Å². The molecule has 0 spiro atoms. The Morgan fingerprint density at radius 3 is 2.40 bits per heavy atom. The van der Waals surface area contributed by atoms with Crippen LogP contribution >= 0.6 is 23.4 Å². The maximum atomic E-state index is 12.5. The average Bonchev–Trinajstić information content (AvgIpc) is 2.48. The van der Waals surface area contributed by atoms with Crippen LogP contribution in [0.5, 0.6) is 0 Å². The van der Waals surface area contributed by atoms with Crippen molar-refractivity contribution in [3.05, 3.63) is 46.0 Å². The first kappa shape index (κ1) is 15.1. The number of Topliss-reactive ketones (excluding diaryl/α,β-unsaturated/α-hetero) is 2. The second-order valence-electron chi connectivity index (χ2n) is 4.37. The Morgan fingerprint density at radius 2 is 1.80 bits per heavy atom. The molecule has 0 amide bonds. The Morgan fingerprint density at radius 1 is 1.15 bits per heavy atom. The fourth-order valence-electron chi connectivity index (χ4n) is 2.04. The van der Waals surface area contributed by atoms with Crippen LogP contribution < -0.4 is 5.32 Å². The van der Waals surface area contributed by atoms with Crippen LogP contribution in [-0.4, -0.2) is 29.7 Å². The summed E-state index contributed by atoms with van der Waals surface area (Å²) < 4.78 is 0. The van der Waals surface area contributed by atoms with E-state index in [9.17, 15) is 9.59 Å². The van der Waals surface area contributed by atoms with E-state index >= 15 is 0 Å². The molecule has 0 aromatic heterocycles. The Bertz CT molecular complexity index is 520. The molecule has 0 unspecified atom stereocenters. The molecule has 1 aromatic carbocycles. The topological polar surface area (TPSA) is 46.2 Å². The molecule has 0 saturated heterocycles. The molecule has 20 heavy (non-hydrogen) atoms. The third-order valence-electron chi connectivity index (χ3n) is 2.95. The second-order valence-corrected chi connectivity index (χ2v) is 5.86. The molecule has 0 atom stereocenters. The van der Waals surface area contributed by atoms with Crippen molar-refractivity contribution in [1.29, 1.82) is 0 Å². The number of carbonyl (C=O) groups is 2. The highest BCUT2D eigenvalue weighted by atomic mass is 35.5. The van der Waals surface area contributed by atoms with E-state index in [1.807, 2.05) is 6.92 Å². The van der Waals surface area contributed by atoms with Crippen LogP contribution in [-0.2, 0) is 0 Å². The van der Waals surface area contributed by atoms with Crippen LogP contribution in [0, 0.1) is 0 Å². The van der Waals surface area contributed by atoms with Crippen molar-refractivity contribution in [2.45, 2.75) is 13.3 Å². The molecule has 3 nitrogen and oxygen atoms in total. The number of carbonyl (C=O) groups excluding carboxylic acids is 2. The van der Waals surface area contributed by atoms with Crippen molar-refractivity contribution < 1.29 is 9.59 Å². The number of rotatable bonds is 6. The molecule has 0 saturated carbocycles. The predicted octanol–water partition coefficient (Wildman–Crippen LogP) is 3.25. The van der Waals surface area contributed by atoms with Gasteiger partial charge in [-0.15, -0.1) is 23.4 Å². The Kier molecular flexibility index (Phi) is 5.26. The highest BCUT2D eigenvalue weighted by Gasteiger charge is 2.31. The maximum absolute atomic E-state index is 12.5. The third-order valence-corrected chi connectivity index (χ3v) is 4.45. The summed E-state index contributed by atoms with van der Waals surface area (Å²) in [5, 5.41) is 3.10. The molecule has 0 fully saturated rings. The van der Waals surface area contributed by atoms with E-state index in [0.717, 1.165) is 6.42 Å². The number of thioether (sulfide) groups is 1. The second kappa shape index (κ2) is 6.95. The number of alkyl halides is 1. The molecule has 1 aliphatic rings. The van der Waals surface area contributed by atoms with Gasteiger partial charge in [-0.25, -0.2) is 0 Å². The minimum Gasteiger partial charge on any atom is -0.381 e. The summed E-state index contributed by atoms with van der Waals surface area (Å²) >= 11 is 7.04. The van der Waals surface area contributed by atoms with E-state index in [-0.39, 0.29) is 11.6 Å². The first-order chi connectivity index (χ1) is 9.70. The third kappa shape index (κ3) is 2.91. The van der Waals surface area contributed by atoms with Crippen molar-refractivity contribution in [2.24, 2.45) is 0 Å². The number of halogens is 1. The van der Waals surface area contributed by atoms with Crippen molar-refractivity contribution in [1.82, 2.24) is 5.32 Å². The highest BCUT2D eigenvalue weighted by Crippen LogP contribution is 2.31. The number of hydrogen-bond donors (Lipinski definition) is 1. The molecule has 1 aliphatic carbocycles. The molecule has 5 heteroatoms. The number of fused-ring (bicyclic) bond motifs is 1. The van der Waals surface area contributed by atoms with Gasteiger partial charge < -0.3 is 5.32 Å². The lowest BCUT2D eigenvalue weighted by molar-refractivity contribution is 0.0975. The first-order valence-corrected chi connectivity index (χ1v) is 8.08. The fraction of sp³-hybridized carbons (Fsp3) is 0.333. The van der Waals surface area contributed by atoms with Gasteiger partial charge in [0.15, 0.2) is 0 Å². The number of hydrogen-bond acceptors (Lipinski definition) is 4. The van der Waals surface area contributed by atoms with Gasteiger partial charge in [-0.05, 0) is 6.42 Å². The Hall–Kier alpha value is -1.26. The normalized spacial score (nSPS) is 14.5. The predicted molar refractivity (Wildman–Crippen MR) is 83.6 cm³/mol. The lowest BCUT2D eigenvalue weighted by atomic mass is 9.92. The smallest absolute Gasteiger partial charge is 0.210 e. The Balaban J connectivity index is 2.44. The quantitative estimate of drug-likeness (QED) is 0.819. The summed E-state index contributed by atoms with van der Waals surface area (Å²) in [5.74, 6) is 0.855. The monoisotopic (exact) mass is 309 g/mol. The molecule has 2 rings (SSSR count). The van der Waals surface area contributed by atoms with E-state index < -0.39 is 0 Å². The van der Waals surface area contributed by atoms with Gasteiger partial charge in [-0.3, -0.25) is 9.59 Å². The standard InChI is InChI=1S/C15H16ClNO2S/c1-2-8-17-12-13(18)10-5-3-4-6-11(10)14(19)15(12)20-9-7-16/h3-6,17H,2,7-9H2,1H3. The van der Waals surface area contributed by atoms with Crippen molar-refractivity contribution >= 4 is 34.9 Å². The van der Waals surface area contributed by atoms with E-state index in [1.165, 1.54) is 11.8 Å². The molecule has 0 aliphatic heterocycles. The van der Waals surface area contributed by atoms with Crippen LogP contribution in [0.3, 0.4) is 0 Å². The summed E-state index contributed by atoms with van der Waals surface area (Å²) in [6.45, 7) is 2.68. The molecule has 0 heterocycles. The lowest BCUT2D eigenvalue weighted by Gasteiger charge is -2.21. The minimum absolute atomic E-state index is 0.0890. The van der Waals surface area contributed by atoms with Gasteiger partial charge in [0.25, 0.3) is 0 Å². The number of ketones is 2.